The lowest BCUT2D eigenvalue weighted by Crippen LogP contribution is -2.36. The third-order valence-electron chi connectivity index (χ3n) is 3.31. The van der Waals surface area contributed by atoms with Gasteiger partial charge in [0.25, 0.3) is 0 Å². The van der Waals surface area contributed by atoms with Gasteiger partial charge in [0.15, 0.2) is 11.6 Å². The van der Waals surface area contributed by atoms with Gasteiger partial charge >= 0.3 is 0 Å². The minimum Gasteiger partial charge on any atom is -0.376 e. The molecule has 1 fully saturated rings. The van der Waals surface area contributed by atoms with Crippen LogP contribution in [0, 0.1) is 11.6 Å². The zero-order valence-corrected chi connectivity index (χ0v) is 10.6. The van der Waals surface area contributed by atoms with E-state index < -0.39 is 11.6 Å². The van der Waals surface area contributed by atoms with Crippen LogP contribution in [0.1, 0.15) is 37.8 Å². The number of hydrogen-bond donors (Lipinski definition) is 1. The summed E-state index contributed by atoms with van der Waals surface area (Å²) in [5.74, 6) is -1.61. The van der Waals surface area contributed by atoms with Crippen molar-refractivity contribution in [2.24, 2.45) is 0 Å². The van der Waals surface area contributed by atoms with Crippen molar-refractivity contribution in [2.75, 3.05) is 13.2 Å². The molecule has 0 radical (unpaired) electrons. The zero-order chi connectivity index (χ0) is 13.0. The van der Waals surface area contributed by atoms with Crippen LogP contribution >= 0.6 is 0 Å². The van der Waals surface area contributed by atoms with Crippen LogP contribution in [0.25, 0.3) is 0 Å². The van der Waals surface area contributed by atoms with Gasteiger partial charge in [-0.1, -0.05) is 13.0 Å². The summed E-state index contributed by atoms with van der Waals surface area (Å²) in [6.07, 6.45) is 3.20. The standard InChI is InChI=1S/C14H19F2NO/c1-2-17-14(13-5-3-4-8-18-13)10-6-7-11(15)12(16)9-10/h6-7,9,13-14,17H,2-5,8H2,1H3. The highest BCUT2D eigenvalue weighted by Gasteiger charge is 2.25. The first-order chi connectivity index (χ1) is 8.72. The summed E-state index contributed by atoms with van der Waals surface area (Å²) in [4.78, 5) is 0. The van der Waals surface area contributed by atoms with Crippen molar-refractivity contribution in [2.45, 2.75) is 38.3 Å². The van der Waals surface area contributed by atoms with Gasteiger partial charge in [0.2, 0.25) is 0 Å². The van der Waals surface area contributed by atoms with Crippen molar-refractivity contribution < 1.29 is 13.5 Å². The van der Waals surface area contributed by atoms with Crippen LogP contribution in [0.2, 0.25) is 0 Å². The number of halogens is 2. The van der Waals surface area contributed by atoms with Gasteiger partial charge in [0, 0.05) is 6.61 Å². The summed E-state index contributed by atoms with van der Waals surface area (Å²) in [6.45, 7) is 3.51. The van der Waals surface area contributed by atoms with Crippen LogP contribution in [0.4, 0.5) is 8.78 Å². The highest BCUT2D eigenvalue weighted by molar-refractivity contribution is 5.22. The number of ether oxygens (including phenoxy) is 1. The van der Waals surface area contributed by atoms with E-state index in [1.165, 1.54) is 12.1 Å². The second-order valence-electron chi connectivity index (χ2n) is 4.61. The van der Waals surface area contributed by atoms with E-state index in [9.17, 15) is 8.78 Å². The Hall–Kier alpha value is -1.00. The average Bonchev–Trinajstić information content (AvgIpc) is 2.40. The first-order valence-corrected chi connectivity index (χ1v) is 6.52. The van der Waals surface area contributed by atoms with E-state index in [0.29, 0.717) is 0 Å². The van der Waals surface area contributed by atoms with Gasteiger partial charge in [0.1, 0.15) is 0 Å². The fourth-order valence-corrected chi connectivity index (χ4v) is 2.42. The number of benzene rings is 1. The van der Waals surface area contributed by atoms with Crippen molar-refractivity contribution in [1.29, 1.82) is 0 Å². The molecule has 0 aromatic heterocycles. The van der Waals surface area contributed by atoms with E-state index in [4.69, 9.17) is 4.74 Å². The van der Waals surface area contributed by atoms with Gasteiger partial charge in [-0.15, -0.1) is 0 Å². The molecule has 2 atom stereocenters. The van der Waals surface area contributed by atoms with Gasteiger partial charge in [-0.3, -0.25) is 0 Å². The molecule has 0 aliphatic carbocycles. The van der Waals surface area contributed by atoms with Gasteiger partial charge in [-0.05, 0) is 43.5 Å². The summed E-state index contributed by atoms with van der Waals surface area (Å²) < 4.78 is 32.0. The Morgan fingerprint density at radius 2 is 2.17 bits per heavy atom. The summed E-state index contributed by atoms with van der Waals surface area (Å²) in [6, 6.07) is 4.01. The largest absolute Gasteiger partial charge is 0.376 e. The minimum absolute atomic E-state index is 0.0450. The maximum Gasteiger partial charge on any atom is 0.159 e. The molecule has 1 N–H and O–H groups in total. The van der Waals surface area contributed by atoms with Crippen molar-refractivity contribution in [3.05, 3.63) is 35.4 Å². The Bertz CT molecular complexity index is 391. The van der Waals surface area contributed by atoms with Gasteiger partial charge in [-0.25, -0.2) is 8.78 Å². The molecular weight excluding hydrogens is 236 g/mol. The first-order valence-electron chi connectivity index (χ1n) is 6.52. The molecule has 1 heterocycles. The average molecular weight is 255 g/mol. The number of rotatable bonds is 4. The van der Waals surface area contributed by atoms with Gasteiger partial charge in [-0.2, -0.15) is 0 Å². The maximum atomic E-state index is 13.3. The van der Waals surface area contributed by atoms with E-state index >= 15 is 0 Å². The zero-order valence-electron chi connectivity index (χ0n) is 10.6. The SMILES string of the molecule is CCNC(c1ccc(F)c(F)c1)C1CCCCO1. The molecule has 1 aliphatic heterocycles. The molecular formula is C14H19F2NO. The molecule has 0 spiro atoms. The van der Waals surface area contributed by atoms with Crippen LogP contribution in [0.3, 0.4) is 0 Å². The Balaban J connectivity index is 2.19. The van der Waals surface area contributed by atoms with Crippen molar-refractivity contribution in [3.63, 3.8) is 0 Å². The number of likely N-dealkylation sites (N-methyl/N-ethyl adjacent to an activating group) is 1. The monoisotopic (exact) mass is 255 g/mol. The summed E-state index contributed by atoms with van der Waals surface area (Å²) >= 11 is 0. The highest BCUT2D eigenvalue weighted by atomic mass is 19.2. The second-order valence-corrected chi connectivity index (χ2v) is 4.61. The Morgan fingerprint density at radius 1 is 1.33 bits per heavy atom. The number of nitrogens with one attached hydrogen (secondary N) is 1. The van der Waals surface area contributed by atoms with Crippen molar-refractivity contribution >= 4 is 0 Å². The molecule has 0 bridgehead atoms. The van der Waals surface area contributed by atoms with Crippen molar-refractivity contribution in [1.82, 2.24) is 5.32 Å². The Kier molecular flexibility index (Phi) is 4.66. The fourth-order valence-electron chi connectivity index (χ4n) is 2.42. The highest BCUT2D eigenvalue weighted by Crippen LogP contribution is 2.27. The third-order valence-corrected chi connectivity index (χ3v) is 3.31. The van der Waals surface area contributed by atoms with Gasteiger partial charge in [0.05, 0.1) is 12.1 Å². The first kappa shape index (κ1) is 13.4. The van der Waals surface area contributed by atoms with E-state index in [-0.39, 0.29) is 12.1 Å². The quantitative estimate of drug-likeness (QED) is 0.892. The maximum absolute atomic E-state index is 13.3. The molecule has 100 valence electrons. The normalized spacial score (nSPS) is 21.8. The van der Waals surface area contributed by atoms with Crippen LogP contribution in [-0.4, -0.2) is 19.3 Å². The van der Waals surface area contributed by atoms with E-state index in [2.05, 4.69) is 5.32 Å². The number of hydrogen-bond acceptors (Lipinski definition) is 2. The molecule has 1 aromatic carbocycles. The smallest absolute Gasteiger partial charge is 0.159 e. The molecule has 18 heavy (non-hydrogen) atoms. The van der Waals surface area contributed by atoms with Crippen molar-refractivity contribution in [3.8, 4) is 0 Å². The molecule has 1 saturated heterocycles. The van der Waals surface area contributed by atoms with Crippen LogP contribution in [0.15, 0.2) is 18.2 Å². The molecule has 4 heteroatoms. The Labute approximate surface area is 106 Å². The molecule has 1 aromatic rings. The van der Waals surface area contributed by atoms with Crippen LogP contribution < -0.4 is 5.32 Å². The fraction of sp³-hybridized carbons (Fsp3) is 0.571. The molecule has 2 unspecified atom stereocenters. The molecule has 0 amide bonds. The molecule has 1 aliphatic rings. The minimum atomic E-state index is -0.807. The second kappa shape index (κ2) is 6.25. The molecule has 0 saturated carbocycles. The lowest BCUT2D eigenvalue weighted by Gasteiger charge is -2.31. The van der Waals surface area contributed by atoms with E-state index in [0.717, 1.165) is 38.0 Å². The summed E-state index contributed by atoms with van der Waals surface area (Å²) in [5, 5.41) is 3.30. The van der Waals surface area contributed by atoms with E-state index in [1.807, 2.05) is 6.92 Å². The lowest BCUT2D eigenvalue weighted by molar-refractivity contribution is -0.00793. The lowest BCUT2D eigenvalue weighted by atomic mass is 9.95. The molecule has 2 nitrogen and oxygen atoms in total. The van der Waals surface area contributed by atoms with Gasteiger partial charge < -0.3 is 10.1 Å². The van der Waals surface area contributed by atoms with Crippen LogP contribution in [-0.2, 0) is 4.74 Å². The predicted octanol–water partition coefficient (Wildman–Crippen LogP) is 3.18. The topological polar surface area (TPSA) is 21.3 Å². The summed E-state index contributed by atoms with van der Waals surface area (Å²) in [7, 11) is 0. The predicted molar refractivity (Wildman–Crippen MR) is 66.4 cm³/mol. The van der Waals surface area contributed by atoms with Crippen LogP contribution in [0.5, 0.6) is 0 Å². The summed E-state index contributed by atoms with van der Waals surface area (Å²) in [5.41, 5.74) is 0.752. The molecule has 2 rings (SSSR count). The third kappa shape index (κ3) is 3.06. The van der Waals surface area contributed by atoms with E-state index in [1.54, 1.807) is 6.07 Å². The Morgan fingerprint density at radius 3 is 2.78 bits per heavy atom.